The molecule has 12 aromatic rings. The fraction of sp³-hybridized carbons (Fsp3) is 0.250. The molecule has 6 aliphatic rings. The van der Waals surface area contributed by atoms with E-state index in [0.29, 0.717) is 0 Å². The fourth-order valence-corrected chi connectivity index (χ4v) is 20.3. The van der Waals surface area contributed by atoms with E-state index in [1.54, 1.807) is 0 Å². The molecule has 2 aliphatic carbocycles. The van der Waals surface area contributed by atoms with Crippen molar-refractivity contribution in [3.63, 3.8) is 0 Å². The fourth-order valence-electron chi connectivity index (χ4n) is 18.1. The Labute approximate surface area is 520 Å². The number of fused-ring (bicyclic) bond motifs is 16. The highest BCUT2D eigenvalue weighted by atomic mass is 32.1. The van der Waals surface area contributed by atoms with E-state index >= 15 is 0 Å². The predicted octanol–water partition coefficient (Wildman–Crippen LogP) is 21.0. The van der Waals surface area contributed by atoms with Crippen molar-refractivity contribution in [2.75, 3.05) is 19.6 Å². The first-order valence-corrected chi connectivity index (χ1v) is 33.7. The van der Waals surface area contributed by atoms with Crippen LogP contribution < -0.4 is 36.0 Å². The molecule has 10 aromatic carbocycles. The van der Waals surface area contributed by atoms with Crippen molar-refractivity contribution in [2.45, 2.75) is 127 Å². The molecule has 4 unspecified atom stereocenters. The Morgan fingerprint density at radius 3 is 1.74 bits per heavy atom. The monoisotopic (exact) mass is 1160 g/mol. The van der Waals surface area contributed by atoms with E-state index in [9.17, 15) is 0 Å². The number of thiophene rings is 2. The molecule has 6 heterocycles. The molecule has 4 nitrogen and oxygen atoms in total. The first-order chi connectivity index (χ1) is 42.2. The maximum Gasteiger partial charge on any atom is 0.252 e. The van der Waals surface area contributed by atoms with Crippen LogP contribution in [0.25, 0.3) is 51.5 Å². The maximum atomic E-state index is 2.83. The lowest BCUT2D eigenvalue weighted by Crippen LogP contribution is -2.62. The van der Waals surface area contributed by atoms with E-state index in [1.807, 2.05) is 22.7 Å². The van der Waals surface area contributed by atoms with Crippen molar-refractivity contribution in [1.29, 1.82) is 0 Å². The lowest BCUT2D eigenvalue weighted by molar-refractivity contribution is 0.195. The van der Waals surface area contributed by atoms with Crippen LogP contribution in [-0.4, -0.2) is 17.8 Å². The highest BCUT2D eigenvalue weighted by molar-refractivity contribution is 7.26. The summed E-state index contributed by atoms with van der Waals surface area (Å²) in [5.74, 6) is 0. The van der Waals surface area contributed by atoms with Gasteiger partial charge in [-0.25, -0.2) is 0 Å². The van der Waals surface area contributed by atoms with Crippen LogP contribution in [0.15, 0.2) is 206 Å². The number of nitrogens with zero attached hydrogens (tertiary/aromatic N) is 4. The Bertz CT molecular complexity index is 4900. The minimum Gasteiger partial charge on any atom is -0.334 e. The van der Waals surface area contributed by atoms with Crippen molar-refractivity contribution in [2.24, 2.45) is 0 Å². The standard InChI is InChI=1S/C80H71BN4S2/c1-76(2,3)52-33-38-66-63(45-52)81-62-36-34-54(84-65-37-32-51(50-22-9-8-10-23-50)44-61(65)78(5)41-18-20-43-80(78,84)7)47-68(62)83(67-29-21-26-58-56-24-11-16-31-72(56)87-75(58)67)70-49-55(85-64-28-14-13-27-60(64)77(4)40-17-19-42-79(77,85)6)48-69(74(70)81)82(66)53-35-39-73-59(46-53)57-25-12-15-30-71(57)86-73/h8-16,21-39,44-49H,17-20,40-43H2,1-7H3. The summed E-state index contributed by atoms with van der Waals surface area (Å²) in [6, 6.07) is 81.0. The van der Waals surface area contributed by atoms with Crippen LogP contribution in [0.4, 0.5) is 56.9 Å². The molecule has 0 bridgehead atoms. The van der Waals surface area contributed by atoms with E-state index in [4.69, 9.17) is 0 Å². The lowest BCUT2D eigenvalue weighted by atomic mass is 9.33. The van der Waals surface area contributed by atoms with Crippen LogP contribution in [0.2, 0.25) is 0 Å². The number of benzene rings is 10. The SMILES string of the molecule is CC(C)(C)c1ccc2c(c1)B1c3ccc(N4c5ccc(-c6ccccc6)cc5C5(C)CCCCC45C)cc3N(c3cccc4c3sc3ccccc34)c3cc(N4c5ccccc5C5(C)CCCCC45C)cc(c31)N2c1ccc2sc3ccccc3c2c1. The topological polar surface area (TPSA) is 13.0 Å². The van der Waals surface area contributed by atoms with Crippen LogP contribution in [0.1, 0.15) is 117 Å². The van der Waals surface area contributed by atoms with Crippen LogP contribution in [0.3, 0.4) is 0 Å². The zero-order valence-corrected chi connectivity index (χ0v) is 52.6. The smallest absolute Gasteiger partial charge is 0.252 e. The third-order valence-electron chi connectivity index (χ3n) is 22.9. The Morgan fingerprint density at radius 1 is 0.379 bits per heavy atom. The van der Waals surface area contributed by atoms with Crippen LogP contribution in [-0.2, 0) is 16.2 Å². The minimum atomic E-state index is -0.162. The summed E-state index contributed by atoms with van der Waals surface area (Å²) in [6.07, 6.45) is 9.48. The number of rotatable bonds is 5. The van der Waals surface area contributed by atoms with Crippen molar-refractivity contribution in [1.82, 2.24) is 0 Å². The Balaban J connectivity index is 0.959. The van der Waals surface area contributed by atoms with Gasteiger partial charge in [0.25, 0.3) is 6.71 Å². The Hall–Kier alpha value is -8.10. The van der Waals surface area contributed by atoms with Gasteiger partial charge >= 0.3 is 0 Å². The van der Waals surface area contributed by atoms with Crippen molar-refractivity contribution >= 4 is 143 Å². The molecule has 0 radical (unpaired) electrons. The first kappa shape index (κ1) is 52.1. The molecule has 0 N–H and O–H groups in total. The van der Waals surface area contributed by atoms with Crippen molar-refractivity contribution in [3.8, 4) is 11.1 Å². The van der Waals surface area contributed by atoms with Gasteiger partial charge in [0.15, 0.2) is 0 Å². The molecule has 87 heavy (non-hydrogen) atoms. The second-order valence-electron chi connectivity index (χ2n) is 28.2. The van der Waals surface area contributed by atoms with Crippen LogP contribution in [0.5, 0.6) is 0 Å². The second kappa shape index (κ2) is 18.2. The molecular formula is C80H71BN4S2. The number of hydrogen-bond donors (Lipinski definition) is 0. The molecule has 2 aromatic heterocycles. The summed E-state index contributed by atoms with van der Waals surface area (Å²) in [5, 5.41) is 5.25. The summed E-state index contributed by atoms with van der Waals surface area (Å²) in [6.45, 7) is 17.5. The molecule has 0 spiro atoms. The van der Waals surface area contributed by atoms with E-state index in [0.717, 1.165) is 19.3 Å². The van der Waals surface area contributed by atoms with Gasteiger partial charge in [0.2, 0.25) is 0 Å². The molecule has 426 valence electrons. The normalized spacial score (nSPS) is 22.6. The third-order valence-corrected chi connectivity index (χ3v) is 25.2. The third kappa shape index (κ3) is 7.02. The number of anilines is 10. The molecule has 0 saturated heterocycles. The number of hydrogen-bond acceptors (Lipinski definition) is 6. The first-order valence-electron chi connectivity index (χ1n) is 32.0. The summed E-state index contributed by atoms with van der Waals surface area (Å²) < 4.78 is 5.28. The van der Waals surface area contributed by atoms with E-state index < -0.39 is 0 Å². The van der Waals surface area contributed by atoms with Crippen LogP contribution >= 0.6 is 22.7 Å². The van der Waals surface area contributed by atoms with Gasteiger partial charge in [-0.2, -0.15) is 0 Å². The second-order valence-corrected chi connectivity index (χ2v) is 30.3. The molecule has 2 fully saturated rings. The predicted molar refractivity (Wildman–Crippen MR) is 376 cm³/mol. The molecule has 18 rings (SSSR count). The lowest BCUT2D eigenvalue weighted by Gasteiger charge is -2.51. The molecule has 4 atom stereocenters. The van der Waals surface area contributed by atoms with Gasteiger partial charge in [-0.15, -0.1) is 22.7 Å². The zero-order valence-electron chi connectivity index (χ0n) is 51.0. The van der Waals surface area contributed by atoms with Gasteiger partial charge in [-0.1, -0.05) is 182 Å². The van der Waals surface area contributed by atoms with Gasteiger partial charge < -0.3 is 19.6 Å². The van der Waals surface area contributed by atoms with Gasteiger partial charge in [-0.3, -0.25) is 0 Å². The highest BCUT2D eigenvalue weighted by Crippen LogP contribution is 2.64. The molecule has 4 aliphatic heterocycles. The van der Waals surface area contributed by atoms with Gasteiger partial charge in [-0.05, 0) is 174 Å². The van der Waals surface area contributed by atoms with E-state index in [-0.39, 0.29) is 34.0 Å². The minimum absolute atomic E-state index is 0.0281. The maximum absolute atomic E-state index is 2.83. The van der Waals surface area contributed by atoms with Gasteiger partial charge in [0, 0.05) is 97.7 Å². The average Bonchev–Trinajstić information content (AvgIpc) is 1.74. The Morgan fingerprint density at radius 2 is 0.966 bits per heavy atom. The van der Waals surface area contributed by atoms with Crippen molar-refractivity contribution in [3.05, 3.63) is 223 Å². The van der Waals surface area contributed by atoms with Gasteiger partial charge in [0.1, 0.15) is 0 Å². The van der Waals surface area contributed by atoms with E-state index in [2.05, 4.69) is 274 Å². The highest BCUT2D eigenvalue weighted by Gasteiger charge is 2.60. The van der Waals surface area contributed by atoms with E-state index in [1.165, 1.54) is 174 Å². The molecule has 2 saturated carbocycles. The molecular weight excluding hydrogens is 1090 g/mol. The number of para-hydroxylation sites is 1. The average molecular weight is 1160 g/mol. The molecule has 0 amide bonds. The zero-order chi connectivity index (χ0) is 58.5. The molecule has 7 heteroatoms. The largest absolute Gasteiger partial charge is 0.334 e. The summed E-state index contributed by atoms with van der Waals surface area (Å²) in [5.41, 5.74) is 23.1. The van der Waals surface area contributed by atoms with Crippen molar-refractivity contribution < 1.29 is 0 Å². The summed E-state index contributed by atoms with van der Waals surface area (Å²) >= 11 is 3.85. The Kier molecular flexibility index (Phi) is 10.9. The van der Waals surface area contributed by atoms with Crippen LogP contribution in [0, 0.1) is 0 Å². The summed E-state index contributed by atoms with van der Waals surface area (Å²) in [7, 11) is 0. The quantitative estimate of drug-likeness (QED) is 0.159. The summed E-state index contributed by atoms with van der Waals surface area (Å²) in [4.78, 5) is 11.1. The van der Waals surface area contributed by atoms with Gasteiger partial charge in [0.05, 0.1) is 21.5 Å².